The van der Waals surface area contributed by atoms with Crippen LogP contribution in [0, 0.1) is 18.3 Å². The van der Waals surface area contributed by atoms with Gasteiger partial charge in [0.2, 0.25) is 0 Å². The van der Waals surface area contributed by atoms with E-state index in [0.717, 1.165) is 22.5 Å². The first-order valence-electron chi connectivity index (χ1n) is 10.3. The molecule has 34 heavy (non-hydrogen) atoms. The Labute approximate surface area is 192 Å². The molecule has 0 radical (unpaired) electrons. The minimum Gasteiger partial charge on any atom is -0.365 e. The van der Waals surface area contributed by atoms with Crippen LogP contribution in [0.15, 0.2) is 36.7 Å². The highest BCUT2D eigenvalue weighted by Gasteiger charge is 2.28. The van der Waals surface area contributed by atoms with Crippen LogP contribution in [0.2, 0.25) is 0 Å². The molecular weight excluding hydrogens is 449 g/mol. The molecule has 0 spiro atoms. The van der Waals surface area contributed by atoms with Gasteiger partial charge in [0.1, 0.15) is 18.7 Å². The van der Waals surface area contributed by atoms with Crippen molar-refractivity contribution in [3.8, 4) is 6.07 Å². The van der Waals surface area contributed by atoms with E-state index in [2.05, 4.69) is 36.5 Å². The third-order valence-electron chi connectivity index (χ3n) is 5.30. The highest BCUT2D eigenvalue weighted by atomic mass is 19.4. The van der Waals surface area contributed by atoms with Gasteiger partial charge >= 0.3 is 6.18 Å². The second kappa shape index (κ2) is 9.30. The molecule has 174 valence electrons. The molecule has 0 saturated heterocycles. The van der Waals surface area contributed by atoms with E-state index in [1.807, 2.05) is 19.1 Å². The van der Waals surface area contributed by atoms with Gasteiger partial charge in [0.05, 0.1) is 23.9 Å². The molecule has 1 aliphatic heterocycles. The number of amides is 1. The second-order valence-electron chi connectivity index (χ2n) is 7.66. The summed E-state index contributed by atoms with van der Waals surface area (Å²) < 4.78 is 36.8. The first-order valence-corrected chi connectivity index (χ1v) is 10.3. The van der Waals surface area contributed by atoms with Gasteiger partial charge in [0, 0.05) is 17.8 Å². The fourth-order valence-corrected chi connectivity index (χ4v) is 3.56. The van der Waals surface area contributed by atoms with Crippen LogP contribution in [-0.2, 0) is 13.0 Å². The van der Waals surface area contributed by atoms with Crippen LogP contribution in [0.1, 0.15) is 32.9 Å². The van der Waals surface area contributed by atoms with E-state index >= 15 is 0 Å². The Bertz CT molecular complexity index is 1250. The number of nitrogens with zero attached hydrogens (tertiary/aromatic N) is 6. The second-order valence-corrected chi connectivity index (χ2v) is 7.66. The van der Waals surface area contributed by atoms with Gasteiger partial charge in [0.25, 0.3) is 5.91 Å². The van der Waals surface area contributed by atoms with E-state index in [1.165, 1.54) is 18.5 Å². The first-order chi connectivity index (χ1) is 16.2. The Balaban J connectivity index is 1.45. The summed E-state index contributed by atoms with van der Waals surface area (Å²) in [5.74, 6) is -0.128. The zero-order valence-corrected chi connectivity index (χ0v) is 18.0. The lowest BCUT2D eigenvalue weighted by Gasteiger charge is -2.31. The summed E-state index contributed by atoms with van der Waals surface area (Å²) in [5, 5.41) is 21.5. The molecule has 0 aliphatic carbocycles. The molecule has 1 aliphatic rings. The van der Waals surface area contributed by atoms with Gasteiger partial charge in [-0.1, -0.05) is 0 Å². The van der Waals surface area contributed by atoms with E-state index in [4.69, 9.17) is 5.26 Å². The summed E-state index contributed by atoms with van der Waals surface area (Å²) in [6, 6.07) is 10.6. The van der Waals surface area contributed by atoms with E-state index in [-0.39, 0.29) is 5.69 Å². The number of nitrogens with one attached hydrogen (secondary N) is 2. The van der Waals surface area contributed by atoms with E-state index in [9.17, 15) is 18.0 Å². The number of carbonyl (C=O) groups is 1. The Hall–Kier alpha value is -4.27. The molecule has 3 heterocycles. The summed E-state index contributed by atoms with van der Waals surface area (Å²) in [4.78, 5) is 22.6. The van der Waals surface area contributed by atoms with Crippen LogP contribution in [0.3, 0.4) is 0 Å². The maximum Gasteiger partial charge on any atom is 0.405 e. The molecule has 1 amide bonds. The average Bonchev–Trinajstić information content (AvgIpc) is 2.82. The van der Waals surface area contributed by atoms with Gasteiger partial charge in [-0.15, -0.1) is 10.2 Å². The zero-order chi connectivity index (χ0) is 24.3. The normalized spacial score (nSPS) is 13.1. The van der Waals surface area contributed by atoms with Crippen molar-refractivity contribution in [1.29, 1.82) is 5.26 Å². The molecule has 12 heteroatoms. The fourth-order valence-electron chi connectivity index (χ4n) is 3.56. The molecule has 0 saturated carbocycles. The number of carbonyl (C=O) groups excluding carboxylic acids is 1. The van der Waals surface area contributed by atoms with Crippen molar-refractivity contribution < 1.29 is 18.0 Å². The average molecular weight is 468 g/mol. The summed E-state index contributed by atoms with van der Waals surface area (Å²) in [6.07, 6.45) is -2.42. The zero-order valence-electron chi connectivity index (χ0n) is 18.0. The van der Waals surface area contributed by atoms with Crippen molar-refractivity contribution in [2.24, 2.45) is 0 Å². The Morgan fingerprint density at radius 3 is 2.71 bits per heavy atom. The lowest BCUT2D eigenvalue weighted by molar-refractivity contribution is -0.123. The maximum atomic E-state index is 12.3. The molecule has 4 rings (SSSR count). The number of benzene rings is 1. The fraction of sp³-hybridized carbons (Fsp3) is 0.273. The molecule has 2 N–H and O–H groups in total. The van der Waals surface area contributed by atoms with E-state index in [0.29, 0.717) is 36.7 Å². The number of hydrogen-bond acceptors (Lipinski definition) is 8. The number of aryl methyl sites for hydroxylation is 1. The minimum atomic E-state index is -4.51. The van der Waals surface area contributed by atoms with Gasteiger partial charge in [-0.25, -0.2) is 9.97 Å². The van der Waals surface area contributed by atoms with Crippen molar-refractivity contribution in [2.45, 2.75) is 26.1 Å². The lowest BCUT2D eigenvalue weighted by Crippen LogP contribution is -2.34. The first kappa shape index (κ1) is 22.9. The highest BCUT2D eigenvalue weighted by molar-refractivity contribution is 5.92. The van der Waals surface area contributed by atoms with Gasteiger partial charge in [-0.2, -0.15) is 18.4 Å². The monoisotopic (exact) mass is 468 g/mol. The Kier molecular flexibility index (Phi) is 6.27. The van der Waals surface area contributed by atoms with Crippen LogP contribution in [0.4, 0.5) is 30.5 Å². The molecule has 2 aromatic heterocycles. The standard InChI is InChI=1S/C22H19F3N8O/c1-13-8-15(3-2-14(13)9-26)33-7-6-16-18(10-33)28-12-29-20(16)30-19-5-4-17(31-32-19)21(34)27-11-22(23,24)25/h2-5,8,12H,6-7,10-11H2,1H3,(H,27,34)(H,28,29,30,32). The van der Waals surface area contributed by atoms with E-state index in [1.54, 1.807) is 11.4 Å². The number of fused-ring (bicyclic) bond motifs is 1. The molecule has 1 aromatic carbocycles. The van der Waals surface area contributed by atoms with Crippen molar-refractivity contribution in [1.82, 2.24) is 25.5 Å². The topological polar surface area (TPSA) is 120 Å². The van der Waals surface area contributed by atoms with Crippen molar-refractivity contribution in [3.05, 3.63) is 64.7 Å². The quantitative estimate of drug-likeness (QED) is 0.586. The van der Waals surface area contributed by atoms with Crippen molar-refractivity contribution >= 4 is 23.2 Å². The third kappa shape index (κ3) is 5.20. The summed E-state index contributed by atoms with van der Waals surface area (Å²) >= 11 is 0. The third-order valence-corrected chi connectivity index (χ3v) is 5.30. The lowest BCUT2D eigenvalue weighted by atomic mass is 10.0. The summed E-state index contributed by atoms with van der Waals surface area (Å²) in [6.45, 7) is 1.72. The van der Waals surface area contributed by atoms with Crippen LogP contribution < -0.4 is 15.5 Å². The van der Waals surface area contributed by atoms with Crippen molar-refractivity contribution in [3.63, 3.8) is 0 Å². The number of halogens is 3. The summed E-state index contributed by atoms with van der Waals surface area (Å²) in [5.41, 5.74) is 4.07. The molecule has 0 bridgehead atoms. The van der Waals surface area contributed by atoms with Crippen LogP contribution in [0.25, 0.3) is 0 Å². The van der Waals surface area contributed by atoms with Crippen LogP contribution >= 0.6 is 0 Å². The summed E-state index contributed by atoms with van der Waals surface area (Å²) in [7, 11) is 0. The number of alkyl halides is 3. The smallest absolute Gasteiger partial charge is 0.365 e. The van der Waals surface area contributed by atoms with Crippen molar-refractivity contribution in [2.75, 3.05) is 23.3 Å². The van der Waals surface area contributed by atoms with Gasteiger partial charge in [-0.05, 0) is 49.2 Å². The van der Waals surface area contributed by atoms with Gasteiger partial charge < -0.3 is 15.5 Å². The number of hydrogen-bond donors (Lipinski definition) is 2. The Morgan fingerprint density at radius 1 is 1.21 bits per heavy atom. The molecule has 0 atom stereocenters. The Morgan fingerprint density at radius 2 is 2.03 bits per heavy atom. The molecule has 0 fully saturated rings. The number of nitriles is 1. The number of aromatic nitrogens is 4. The molecule has 9 nitrogen and oxygen atoms in total. The maximum absolute atomic E-state index is 12.3. The predicted molar refractivity (Wildman–Crippen MR) is 116 cm³/mol. The molecule has 0 unspecified atom stereocenters. The largest absolute Gasteiger partial charge is 0.405 e. The van der Waals surface area contributed by atoms with Gasteiger partial charge in [0.15, 0.2) is 11.5 Å². The highest BCUT2D eigenvalue weighted by Crippen LogP contribution is 2.28. The molecule has 3 aromatic rings. The number of anilines is 3. The predicted octanol–water partition coefficient (Wildman–Crippen LogP) is 3.05. The SMILES string of the molecule is Cc1cc(N2CCc3c(ncnc3Nc3ccc(C(=O)NCC(F)(F)F)nn3)C2)ccc1C#N. The number of rotatable bonds is 5. The van der Waals surface area contributed by atoms with Gasteiger partial charge in [-0.3, -0.25) is 4.79 Å². The van der Waals surface area contributed by atoms with Crippen LogP contribution in [0.5, 0.6) is 0 Å². The minimum absolute atomic E-state index is 0.229. The van der Waals surface area contributed by atoms with Crippen LogP contribution in [-0.4, -0.2) is 45.3 Å². The van der Waals surface area contributed by atoms with E-state index < -0.39 is 18.6 Å². The molecular formula is C22H19F3N8O.